The van der Waals surface area contributed by atoms with Gasteiger partial charge in [0.05, 0.1) is 18.6 Å². The van der Waals surface area contributed by atoms with Gasteiger partial charge in [0.15, 0.2) is 11.0 Å². The number of esters is 1. The smallest absolute Gasteiger partial charge is 0.373 e. The maximum Gasteiger partial charge on any atom is 0.373 e. The highest BCUT2D eigenvalue weighted by atomic mass is 32.2. The zero-order valence-electron chi connectivity index (χ0n) is 17.5. The van der Waals surface area contributed by atoms with Crippen molar-refractivity contribution in [3.05, 3.63) is 78.0 Å². The first-order chi connectivity index (χ1) is 15.1. The molecule has 0 fully saturated rings. The van der Waals surface area contributed by atoms with E-state index in [-0.39, 0.29) is 5.76 Å². The molecule has 158 valence electrons. The van der Waals surface area contributed by atoms with Crippen molar-refractivity contribution in [3.63, 3.8) is 0 Å². The number of ether oxygens (including phenoxy) is 1. The van der Waals surface area contributed by atoms with E-state index >= 15 is 0 Å². The van der Waals surface area contributed by atoms with Crippen LogP contribution in [0.15, 0.2) is 70.5 Å². The van der Waals surface area contributed by atoms with Gasteiger partial charge in [-0.3, -0.25) is 9.55 Å². The first kappa shape index (κ1) is 20.9. The van der Waals surface area contributed by atoms with Crippen molar-refractivity contribution in [2.24, 2.45) is 0 Å². The molecule has 0 aliphatic rings. The monoisotopic (exact) mass is 434 g/mol. The summed E-state index contributed by atoms with van der Waals surface area (Å²) in [5.41, 5.74) is 3.10. The van der Waals surface area contributed by atoms with E-state index in [0.29, 0.717) is 17.4 Å². The van der Waals surface area contributed by atoms with Crippen LogP contribution in [0, 0.1) is 0 Å². The van der Waals surface area contributed by atoms with Crippen molar-refractivity contribution in [3.8, 4) is 17.1 Å². The number of aromatic nitrogens is 4. The fourth-order valence-electron chi connectivity index (χ4n) is 3.24. The average Bonchev–Trinajstić information content (AvgIpc) is 3.45. The normalized spacial score (nSPS) is 11.1. The summed E-state index contributed by atoms with van der Waals surface area (Å²) in [4.78, 5) is 15.9. The number of para-hydroxylation sites is 1. The van der Waals surface area contributed by atoms with Crippen LogP contribution in [0.4, 0.5) is 0 Å². The molecule has 31 heavy (non-hydrogen) atoms. The van der Waals surface area contributed by atoms with Gasteiger partial charge < -0.3 is 9.15 Å². The molecule has 0 aliphatic heterocycles. The molecular formula is C23H22N4O3S. The van der Waals surface area contributed by atoms with Gasteiger partial charge in [-0.15, -0.1) is 10.2 Å². The highest BCUT2D eigenvalue weighted by molar-refractivity contribution is 7.98. The minimum atomic E-state index is -0.496. The van der Waals surface area contributed by atoms with E-state index < -0.39 is 5.97 Å². The lowest BCUT2D eigenvalue weighted by Gasteiger charge is -2.16. The summed E-state index contributed by atoms with van der Waals surface area (Å²) in [6.45, 7) is 4.33. The number of furan rings is 1. The Labute approximate surface area is 184 Å². The van der Waals surface area contributed by atoms with Crippen molar-refractivity contribution in [2.45, 2.75) is 30.7 Å². The second-order valence-corrected chi connectivity index (χ2v) is 8.09. The molecule has 0 bridgehead atoms. The summed E-state index contributed by atoms with van der Waals surface area (Å²) < 4.78 is 12.4. The Morgan fingerprint density at radius 1 is 1.13 bits per heavy atom. The maximum absolute atomic E-state index is 11.6. The van der Waals surface area contributed by atoms with Crippen molar-refractivity contribution in [1.82, 2.24) is 19.7 Å². The number of thioether (sulfide) groups is 1. The van der Waals surface area contributed by atoms with Crippen LogP contribution in [0.3, 0.4) is 0 Å². The third kappa shape index (κ3) is 4.39. The molecule has 0 unspecified atom stereocenters. The van der Waals surface area contributed by atoms with E-state index in [0.717, 1.165) is 22.2 Å². The molecule has 8 heteroatoms. The molecule has 0 radical (unpaired) electrons. The minimum Gasteiger partial charge on any atom is -0.463 e. The summed E-state index contributed by atoms with van der Waals surface area (Å²) in [5.74, 6) is 1.88. The average molecular weight is 435 g/mol. The van der Waals surface area contributed by atoms with E-state index in [1.165, 1.54) is 24.4 Å². The quantitative estimate of drug-likeness (QED) is 0.295. The van der Waals surface area contributed by atoms with E-state index in [1.54, 1.807) is 24.5 Å². The Bertz CT molecular complexity index is 1180. The van der Waals surface area contributed by atoms with Gasteiger partial charge in [-0.1, -0.05) is 43.8 Å². The summed E-state index contributed by atoms with van der Waals surface area (Å²) in [7, 11) is 1.33. The van der Waals surface area contributed by atoms with Crippen LogP contribution < -0.4 is 0 Å². The lowest BCUT2D eigenvalue weighted by atomic mass is 10.0. The van der Waals surface area contributed by atoms with Crippen LogP contribution in [-0.2, 0) is 10.5 Å². The number of hydrogen-bond donors (Lipinski definition) is 0. The number of hydrogen-bond acceptors (Lipinski definition) is 7. The number of rotatable bonds is 7. The molecule has 0 atom stereocenters. The van der Waals surface area contributed by atoms with Gasteiger partial charge in [-0.25, -0.2) is 4.79 Å². The lowest BCUT2D eigenvalue weighted by Crippen LogP contribution is -2.05. The highest BCUT2D eigenvalue weighted by Crippen LogP contribution is 2.33. The van der Waals surface area contributed by atoms with E-state index in [1.807, 2.05) is 24.3 Å². The molecule has 3 heterocycles. The maximum atomic E-state index is 11.6. The molecular weight excluding hydrogens is 412 g/mol. The number of pyridine rings is 1. The van der Waals surface area contributed by atoms with Crippen LogP contribution in [-0.4, -0.2) is 32.8 Å². The number of carbonyl (C=O) groups is 1. The molecule has 0 saturated heterocycles. The number of methoxy groups -OCH3 is 1. The predicted octanol–water partition coefficient (Wildman–Crippen LogP) is 5.12. The van der Waals surface area contributed by atoms with Crippen molar-refractivity contribution < 1.29 is 13.9 Å². The van der Waals surface area contributed by atoms with E-state index in [9.17, 15) is 4.79 Å². The Morgan fingerprint density at radius 2 is 1.97 bits per heavy atom. The Morgan fingerprint density at radius 3 is 2.71 bits per heavy atom. The topological polar surface area (TPSA) is 83.0 Å². The summed E-state index contributed by atoms with van der Waals surface area (Å²) in [5, 5.41) is 9.65. The lowest BCUT2D eigenvalue weighted by molar-refractivity contribution is 0.0563. The Balaban J connectivity index is 1.73. The number of carbonyl (C=O) groups excluding carboxylic acids is 1. The SMILES string of the molecule is COC(=O)c1ccc(CSc2nnc(-c3cccnc3)n2-c2ccccc2C(C)C)o1. The highest BCUT2D eigenvalue weighted by Gasteiger charge is 2.20. The fraction of sp³-hybridized carbons (Fsp3) is 0.217. The van der Waals surface area contributed by atoms with Gasteiger partial charge in [0.2, 0.25) is 5.76 Å². The minimum absolute atomic E-state index is 0.181. The Kier molecular flexibility index (Phi) is 6.18. The summed E-state index contributed by atoms with van der Waals surface area (Å²) in [6.07, 6.45) is 3.51. The summed E-state index contributed by atoms with van der Waals surface area (Å²) in [6, 6.07) is 15.5. The first-order valence-electron chi connectivity index (χ1n) is 9.83. The van der Waals surface area contributed by atoms with Crippen LogP contribution in [0.2, 0.25) is 0 Å². The zero-order valence-corrected chi connectivity index (χ0v) is 18.3. The molecule has 0 spiro atoms. The van der Waals surface area contributed by atoms with Gasteiger partial charge in [0.25, 0.3) is 0 Å². The largest absolute Gasteiger partial charge is 0.463 e. The van der Waals surface area contributed by atoms with Gasteiger partial charge >= 0.3 is 5.97 Å². The second kappa shape index (κ2) is 9.18. The van der Waals surface area contributed by atoms with Crippen molar-refractivity contribution in [2.75, 3.05) is 7.11 Å². The molecule has 7 nitrogen and oxygen atoms in total. The van der Waals surface area contributed by atoms with Gasteiger partial charge in [-0.2, -0.15) is 0 Å². The Hall–Kier alpha value is -3.39. The molecule has 4 rings (SSSR count). The predicted molar refractivity (Wildman–Crippen MR) is 118 cm³/mol. The fourth-order valence-corrected chi connectivity index (χ4v) is 4.08. The second-order valence-electron chi connectivity index (χ2n) is 7.14. The van der Waals surface area contributed by atoms with Crippen LogP contribution >= 0.6 is 11.8 Å². The van der Waals surface area contributed by atoms with E-state index in [4.69, 9.17) is 9.15 Å². The zero-order chi connectivity index (χ0) is 21.8. The molecule has 0 aliphatic carbocycles. The number of nitrogens with zero attached hydrogens (tertiary/aromatic N) is 4. The third-order valence-corrected chi connectivity index (χ3v) is 5.70. The molecule has 3 aromatic heterocycles. The summed E-state index contributed by atoms with van der Waals surface area (Å²) >= 11 is 1.49. The van der Waals surface area contributed by atoms with Crippen molar-refractivity contribution >= 4 is 17.7 Å². The molecule has 0 saturated carbocycles. The first-order valence-corrected chi connectivity index (χ1v) is 10.8. The number of benzene rings is 1. The van der Waals surface area contributed by atoms with Crippen LogP contribution in [0.1, 0.15) is 41.6 Å². The molecule has 4 aromatic rings. The van der Waals surface area contributed by atoms with Gasteiger partial charge in [0, 0.05) is 18.0 Å². The van der Waals surface area contributed by atoms with Crippen LogP contribution in [0.5, 0.6) is 0 Å². The molecule has 1 aromatic carbocycles. The molecule has 0 N–H and O–H groups in total. The van der Waals surface area contributed by atoms with Crippen LogP contribution in [0.25, 0.3) is 17.1 Å². The van der Waals surface area contributed by atoms with Gasteiger partial charge in [0.1, 0.15) is 5.76 Å². The third-order valence-electron chi connectivity index (χ3n) is 4.74. The van der Waals surface area contributed by atoms with E-state index in [2.05, 4.69) is 45.7 Å². The van der Waals surface area contributed by atoms with Crippen molar-refractivity contribution in [1.29, 1.82) is 0 Å². The van der Waals surface area contributed by atoms with Gasteiger partial charge in [-0.05, 0) is 41.8 Å². The molecule has 0 amide bonds. The standard InChI is InChI=1S/C23H22N4O3S/c1-15(2)18-8-4-5-9-19(18)27-21(16-7-6-12-24-13-16)25-26-23(27)31-14-17-10-11-20(30-17)22(28)29-3/h4-13,15H,14H2,1-3H3.